The van der Waals surface area contributed by atoms with E-state index in [0.717, 1.165) is 5.56 Å². The first-order valence-corrected chi connectivity index (χ1v) is 8.85. The summed E-state index contributed by atoms with van der Waals surface area (Å²) in [7, 11) is 0. The van der Waals surface area contributed by atoms with Crippen molar-refractivity contribution in [3.8, 4) is 0 Å². The van der Waals surface area contributed by atoms with E-state index in [1.165, 1.54) is 11.8 Å². The van der Waals surface area contributed by atoms with Gasteiger partial charge in [0.2, 0.25) is 11.8 Å². The molecule has 0 aliphatic carbocycles. The molecule has 1 amide bonds. The molecule has 5 nitrogen and oxygen atoms in total. The van der Waals surface area contributed by atoms with Crippen LogP contribution in [0.5, 0.6) is 0 Å². The molecule has 0 unspecified atom stereocenters. The Kier molecular flexibility index (Phi) is 5.96. The van der Waals surface area contributed by atoms with Crippen LogP contribution in [0, 0.1) is 6.92 Å². The first kappa shape index (κ1) is 16.2. The lowest BCUT2D eigenvalue weighted by Crippen LogP contribution is -2.14. The van der Waals surface area contributed by atoms with Gasteiger partial charge in [0.25, 0.3) is 5.22 Å². The van der Waals surface area contributed by atoms with Crippen molar-refractivity contribution >= 4 is 46.7 Å². The first-order chi connectivity index (χ1) is 10.1. The summed E-state index contributed by atoms with van der Waals surface area (Å²) in [5.74, 6) is 1.29. The Morgan fingerprint density at radius 3 is 3.00 bits per heavy atom. The summed E-state index contributed by atoms with van der Waals surface area (Å²) < 4.78 is 5.39. The summed E-state index contributed by atoms with van der Waals surface area (Å²) in [6, 6.07) is 5.39. The largest absolute Gasteiger partial charge is 0.415 e. The highest BCUT2D eigenvalue weighted by Crippen LogP contribution is 2.23. The summed E-state index contributed by atoms with van der Waals surface area (Å²) in [6.07, 6.45) is 1.96. The summed E-state index contributed by atoms with van der Waals surface area (Å²) in [5, 5.41) is 11.6. The number of amides is 1. The lowest BCUT2D eigenvalue weighted by Gasteiger charge is -2.08. The Hall–Kier alpha value is -1.18. The lowest BCUT2D eigenvalue weighted by molar-refractivity contribution is -0.113. The van der Waals surface area contributed by atoms with Crippen molar-refractivity contribution < 1.29 is 9.21 Å². The molecule has 1 N–H and O–H groups in total. The number of carbonyl (C=O) groups excluding carboxylic acids is 1. The van der Waals surface area contributed by atoms with Gasteiger partial charge in [-0.05, 0) is 30.9 Å². The van der Waals surface area contributed by atoms with Gasteiger partial charge in [0.15, 0.2) is 0 Å². The number of rotatable bonds is 6. The zero-order valence-corrected chi connectivity index (χ0v) is 13.9. The number of thioether (sulfide) groups is 2. The van der Waals surface area contributed by atoms with Gasteiger partial charge >= 0.3 is 0 Å². The summed E-state index contributed by atoms with van der Waals surface area (Å²) in [6.45, 7) is 1.86. The van der Waals surface area contributed by atoms with E-state index < -0.39 is 0 Å². The molecule has 112 valence electrons. The number of benzene rings is 1. The van der Waals surface area contributed by atoms with Gasteiger partial charge in [-0.15, -0.1) is 10.2 Å². The Bertz CT molecular complexity index is 634. The van der Waals surface area contributed by atoms with Crippen molar-refractivity contribution in [2.24, 2.45) is 0 Å². The third-order valence-electron chi connectivity index (χ3n) is 2.58. The first-order valence-electron chi connectivity index (χ1n) is 6.09. The van der Waals surface area contributed by atoms with Crippen molar-refractivity contribution in [2.45, 2.75) is 17.9 Å². The Morgan fingerprint density at radius 1 is 1.43 bits per heavy atom. The maximum Gasteiger partial charge on any atom is 0.277 e. The number of carbonyl (C=O) groups is 1. The number of aromatic nitrogens is 2. The monoisotopic (exact) mass is 343 g/mol. The van der Waals surface area contributed by atoms with Crippen LogP contribution in [0.1, 0.15) is 11.5 Å². The Morgan fingerprint density at radius 2 is 2.24 bits per heavy atom. The molecule has 0 aliphatic rings. The highest BCUT2D eigenvalue weighted by Gasteiger charge is 2.11. The van der Waals surface area contributed by atoms with Gasteiger partial charge in [-0.25, -0.2) is 0 Å². The highest BCUT2D eigenvalue weighted by atomic mass is 35.5. The van der Waals surface area contributed by atoms with Gasteiger partial charge in [-0.1, -0.05) is 29.4 Å². The molecule has 0 saturated carbocycles. The maximum absolute atomic E-state index is 11.9. The van der Waals surface area contributed by atoms with Crippen LogP contribution in [0.2, 0.25) is 5.02 Å². The number of hydrogen-bond acceptors (Lipinski definition) is 6. The average molecular weight is 344 g/mol. The van der Waals surface area contributed by atoms with Crippen LogP contribution < -0.4 is 5.32 Å². The summed E-state index contributed by atoms with van der Waals surface area (Å²) in [5.41, 5.74) is 1.55. The maximum atomic E-state index is 11.9. The van der Waals surface area contributed by atoms with Gasteiger partial charge < -0.3 is 9.73 Å². The molecule has 21 heavy (non-hydrogen) atoms. The van der Waals surface area contributed by atoms with E-state index in [1.54, 1.807) is 23.9 Å². The number of halogens is 1. The molecule has 2 rings (SSSR count). The molecule has 0 saturated heterocycles. The van der Waals surface area contributed by atoms with E-state index in [1.807, 2.05) is 19.2 Å². The fourth-order valence-corrected chi connectivity index (χ4v) is 2.65. The normalized spacial score (nSPS) is 10.6. The van der Waals surface area contributed by atoms with Crippen molar-refractivity contribution in [1.82, 2.24) is 10.2 Å². The summed E-state index contributed by atoms with van der Waals surface area (Å²) >= 11 is 8.82. The van der Waals surface area contributed by atoms with E-state index in [4.69, 9.17) is 16.0 Å². The van der Waals surface area contributed by atoms with Gasteiger partial charge in [0.1, 0.15) is 0 Å². The molecule has 0 radical (unpaired) electrons. The molecule has 0 atom stereocenters. The summed E-state index contributed by atoms with van der Waals surface area (Å²) in [4.78, 5) is 11.9. The van der Waals surface area contributed by atoms with E-state index in [0.29, 0.717) is 27.6 Å². The molecule has 2 aromatic rings. The molecule has 8 heteroatoms. The van der Waals surface area contributed by atoms with Crippen LogP contribution in [0.3, 0.4) is 0 Å². The second-order valence-corrected chi connectivity index (χ2v) is 6.34. The second kappa shape index (κ2) is 7.72. The van der Waals surface area contributed by atoms with E-state index in [2.05, 4.69) is 15.5 Å². The SMILES string of the molecule is CSCc1nnc(SCC(=O)Nc2cccc(Cl)c2C)o1. The van der Waals surface area contributed by atoms with Crippen molar-refractivity contribution in [3.05, 3.63) is 34.7 Å². The van der Waals surface area contributed by atoms with E-state index in [9.17, 15) is 4.79 Å². The molecule has 0 aliphatic heterocycles. The van der Waals surface area contributed by atoms with Gasteiger partial charge in [0.05, 0.1) is 11.5 Å². The minimum atomic E-state index is -0.144. The molecule has 1 aromatic carbocycles. The second-order valence-electron chi connectivity index (χ2n) is 4.14. The van der Waals surface area contributed by atoms with Gasteiger partial charge in [0, 0.05) is 10.7 Å². The number of nitrogens with zero attached hydrogens (tertiary/aromatic N) is 2. The van der Waals surface area contributed by atoms with Crippen LogP contribution in [-0.4, -0.2) is 28.1 Å². The average Bonchev–Trinajstić information content (AvgIpc) is 2.90. The van der Waals surface area contributed by atoms with E-state index >= 15 is 0 Å². The predicted molar refractivity (Wildman–Crippen MR) is 87.1 cm³/mol. The van der Waals surface area contributed by atoms with Crippen molar-refractivity contribution in [2.75, 3.05) is 17.3 Å². The van der Waals surface area contributed by atoms with Gasteiger partial charge in [-0.3, -0.25) is 4.79 Å². The van der Waals surface area contributed by atoms with Gasteiger partial charge in [-0.2, -0.15) is 11.8 Å². The molecular formula is C13H14ClN3O2S2. The smallest absolute Gasteiger partial charge is 0.277 e. The predicted octanol–water partition coefficient (Wildman–Crippen LogP) is 3.63. The lowest BCUT2D eigenvalue weighted by atomic mass is 10.2. The number of hydrogen-bond donors (Lipinski definition) is 1. The minimum Gasteiger partial charge on any atom is -0.415 e. The van der Waals surface area contributed by atoms with Crippen LogP contribution >= 0.6 is 35.1 Å². The molecule has 0 spiro atoms. The Balaban J connectivity index is 1.88. The number of anilines is 1. The third-order valence-corrected chi connectivity index (χ3v) is 4.35. The zero-order valence-electron chi connectivity index (χ0n) is 11.6. The van der Waals surface area contributed by atoms with Crippen molar-refractivity contribution in [1.29, 1.82) is 0 Å². The fourth-order valence-electron chi connectivity index (χ4n) is 1.53. The standard InChI is InChI=1S/C13H14ClN3O2S2/c1-8-9(14)4-3-5-10(8)15-11(18)6-21-13-17-16-12(19-13)7-20-2/h3-5H,6-7H2,1-2H3,(H,15,18). The highest BCUT2D eigenvalue weighted by molar-refractivity contribution is 7.99. The number of nitrogens with one attached hydrogen (secondary N) is 1. The molecule has 1 heterocycles. The fraction of sp³-hybridized carbons (Fsp3) is 0.308. The molecule has 0 bridgehead atoms. The molecular weight excluding hydrogens is 330 g/mol. The minimum absolute atomic E-state index is 0.144. The van der Waals surface area contributed by atoms with Crippen molar-refractivity contribution in [3.63, 3.8) is 0 Å². The zero-order chi connectivity index (χ0) is 15.2. The molecule has 0 fully saturated rings. The van der Waals surface area contributed by atoms with Crippen LogP contribution in [0.25, 0.3) is 0 Å². The molecule has 1 aromatic heterocycles. The Labute approximate surface area is 136 Å². The van der Waals surface area contributed by atoms with E-state index in [-0.39, 0.29) is 11.7 Å². The third kappa shape index (κ3) is 4.66. The van der Waals surface area contributed by atoms with Crippen LogP contribution in [0.4, 0.5) is 5.69 Å². The van der Waals surface area contributed by atoms with Crippen LogP contribution in [0.15, 0.2) is 27.8 Å². The topological polar surface area (TPSA) is 68.0 Å². The van der Waals surface area contributed by atoms with Crippen LogP contribution in [-0.2, 0) is 10.5 Å². The quantitative estimate of drug-likeness (QED) is 0.808.